The lowest BCUT2D eigenvalue weighted by molar-refractivity contribution is -0.140. The molecule has 5 heteroatoms. The topological polar surface area (TPSA) is 32.8 Å². The van der Waals surface area contributed by atoms with Crippen molar-refractivity contribution in [1.82, 2.24) is 9.80 Å². The van der Waals surface area contributed by atoms with Crippen molar-refractivity contribution in [2.45, 2.75) is 26.0 Å². The first-order valence-electron chi connectivity index (χ1n) is 9.13. The molecule has 0 saturated carbocycles. The Morgan fingerprint density at radius 1 is 1.08 bits per heavy atom. The fourth-order valence-electron chi connectivity index (χ4n) is 3.18. The van der Waals surface area contributed by atoms with Crippen molar-refractivity contribution in [1.29, 1.82) is 0 Å². The highest BCUT2D eigenvalue weighted by Gasteiger charge is 2.27. The Bertz CT molecular complexity index is 715. The lowest BCUT2D eigenvalue weighted by atomic mass is 10.1. The summed E-state index contributed by atoms with van der Waals surface area (Å²) in [6, 6.07) is 17.6. The van der Waals surface area contributed by atoms with E-state index in [0.717, 1.165) is 32.7 Å². The molecule has 1 aliphatic heterocycles. The van der Waals surface area contributed by atoms with Gasteiger partial charge in [-0.1, -0.05) is 54.9 Å². The average Bonchev–Trinajstić information content (AvgIpc) is 2.67. The normalized spacial score (nSPS) is 16.3. The molecule has 0 N–H and O–H groups in total. The SMILES string of the molecule is CCC(Oc1cccc(Cl)c1)C(=O)N1CCN(Cc2ccccc2)CC1. The van der Waals surface area contributed by atoms with Crippen molar-refractivity contribution >= 4 is 17.5 Å². The van der Waals surface area contributed by atoms with E-state index in [0.29, 0.717) is 17.2 Å². The van der Waals surface area contributed by atoms with Crippen LogP contribution in [0.15, 0.2) is 54.6 Å². The Kier molecular flexibility index (Phi) is 6.53. The van der Waals surface area contributed by atoms with Crippen LogP contribution in [-0.4, -0.2) is 48.0 Å². The van der Waals surface area contributed by atoms with Crippen LogP contribution < -0.4 is 4.74 Å². The number of amides is 1. The van der Waals surface area contributed by atoms with E-state index < -0.39 is 6.10 Å². The number of hydrogen-bond acceptors (Lipinski definition) is 3. The zero-order chi connectivity index (χ0) is 18.4. The second-order valence-electron chi connectivity index (χ2n) is 6.56. The maximum absolute atomic E-state index is 12.8. The van der Waals surface area contributed by atoms with E-state index in [-0.39, 0.29) is 5.91 Å². The standard InChI is InChI=1S/C21H25ClN2O2/c1-2-20(26-19-10-6-9-18(22)15-19)21(25)24-13-11-23(12-14-24)16-17-7-4-3-5-8-17/h3-10,15,20H,2,11-14,16H2,1H3. The average molecular weight is 373 g/mol. The molecule has 1 heterocycles. The summed E-state index contributed by atoms with van der Waals surface area (Å²) in [6.07, 6.45) is 0.171. The first kappa shape index (κ1) is 18.7. The van der Waals surface area contributed by atoms with E-state index >= 15 is 0 Å². The first-order chi connectivity index (χ1) is 12.7. The van der Waals surface area contributed by atoms with Crippen LogP contribution >= 0.6 is 11.6 Å². The number of nitrogens with zero attached hydrogens (tertiary/aromatic N) is 2. The lowest BCUT2D eigenvalue weighted by Gasteiger charge is -2.36. The smallest absolute Gasteiger partial charge is 0.263 e. The Hall–Kier alpha value is -2.04. The van der Waals surface area contributed by atoms with Crippen molar-refractivity contribution in [2.24, 2.45) is 0 Å². The van der Waals surface area contributed by atoms with Gasteiger partial charge in [0, 0.05) is 37.7 Å². The van der Waals surface area contributed by atoms with E-state index in [2.05, 4.69) is 29.2 Å². The van der Waals surface area contributed by atoms with E-state index in [9.17, 15) is 4.79 Å². The highest BCUT2D eigenvalue weighted by Crippen LogP contribution is 2.20. The number of piperazine rings is 1. The molecule has 1 amide bonds. The van der Waals surface area contributed by atoms with Gasteiger partial charge in [-0.15, -0.1) is 0 Å². The summed E-state index contributed by atoms with van der Waals surface area (Å²) in [4.78, 5) is 17.1. The van der Waals surface area contributed by atoms with Gasteiger partial charge in [-0.3, -0.25) is 9.69 Å². The molecule has 1 fully saturated rings. The fraction of sp³-hybridized carbons (Fsp3) is 0.381. The van der Waals surface area contributed by atoms with Crippen molar-refractivity contribution < 1.29 is 9.53 Å². The van der Waals surface area contributed by atoms with Gasteiger partial charge in [0.2, 0.25) is 0 Å². The van der Waals surface area contributed by atoms with Gasteiger partial charge < -0.3 is 9.64 Å². The number of halogens is 1. The van der Waals surface area contributed by atoms with Gasteiger partial charge >= 0.3 is 0 Å². The predicted octanol–water partition coefficient (Wildman–Crippen LogP) is 3.84. The van der Waals surface area contributed by atoms with Crippen molar-refractivity contribution in [3.63, 3.8) is 0 Å². The number of benzene rings is 2. The van der Waals surface area contributed by atoms with Gasteiger partial charge in [-0.05, 0) is 30.2 Å². The Morgan fingerprint density at radius 2 is 1.81 bits per heavy atom. The van der Waals surface area contributed by atoms with E-state index in [4.69, 9.17) is 16.3 Å². The molecule has 1 atom stereocenters. The van der Waals surface area contributed by atoms with Crippen LogP contribution in [0.5, 0.6) is 5.75 Å². The molecule has 0 bridgehead atoms. The van der Waals surface area contributed by atoms with Gasteiger partial charge in [0.05, 0.1) is 0 Å². The van der Waals surface area contributed by atoms with Gasteiger partial charge in [-0.25, -0.2) is 0 Å². The van der Waals surface area contributed by atoms with E-state index in [1.165, 1.54) is 5.56 Å². The second kappa shape index (κ2) is 9.06. The minimum atomic E-state index is -0.464. The van der Waals surface area contributed by atoms with Crippen LogP contribution in [0.1, 0.15) is 18.9 Å². The third-order valence-corrected chi connectivity index (χ3v) is 4.89. The van der Waals surface area contributed by atoms with Gasteiger partial charge in [0.25, 0.3) is 5.91 Å². The minimum absolute atomic E-state index is 0.0619. The quantitative estimate of drug-likeness (QED) is 0.772. The molecule has 1 saturated heterocycles. The van der Waals surface area contributed by atoms with E-state index in [1.807, 2.05) is 30.0 Å². The van der Waals surface area contributed by atoms with Gasteiger partial charge in [0.1, 0.15) is 5.75 Å². The zero-order valence-corrected chi connectivity index (χ0v) is 15.9. The third kappa shape index (κ3) is 4.99. The number of carbonyl (C=O) groups excluding carboxylic acids is 1. The molecule has 4 nitrogen and oxygen atoms in total. The molecule has 0 spiro atoms. The summed E-state index contributed by atoms with van der Waals surface area (Å²) in [7, 11) is 0. The first-order valence-corrected chi connectivity index (χ1v) is 9.51. The molecule has 1 unspecified atom stereocenters. The molecule has 0 radical (unpaired) electrons. The number of ether oxygens (including phenoxy) is 1. The number of hydrogen-bond donors (Lipinski definition) is 0. The molecular weight excluding hydrogens is 348 g/mol. The monoisotopic (exact) mass is 372 g/mol. The Morgan fingerprint density at radius 3 is 2.46 bits per heavy atom. The number of carbonyl (C=O) groups is 1. The van der Waals surface area contributed by atoms with Crippen LogP contribution in [0, 0.1) is 0 Å². The van der Waals surface area contributed by atoms with Crippen molar-refractivity contribution in [3.05, 3.63) is 65.2 Å². The number of rotatable bonds is 6. The molecular formula is C21H25ClN2O2. The van der Waals surface area contributed by atoms with Crippen LogP contribution in [-0.2, 0) is 11.3 Å². The van der Waals surface area contributed by atoms with Gasteiger partial charge in [0.15, 0.2) is 6.10 Å². The summed E-state index contributed by atoms with van der Waals surface area (Å²) in [5.74, 6) is 0.701. The summed E-state index contributed by atoms with van der Waals surface area (Å²) in [5, 5.41) is 0.610. The highest BCUT2D eigenvalue weighted by atomic mass is 35.5. The van der Waals surface area contributed by atoms with Crippen LogP contribution in [0.3, 0.4) is 0 Å². The van der Waals surface area contributed by atoms with Crippen LogP contribution in [0.4, 0.5) is 0 Å². The largest absolute Gasteiger partial charge is 0.481 e. The molecule has 0 aliphatic carbocycles. The molecule has 2 aromatic carbocycles. The fourth-order valence-corrected chi connectivity index (χ4v) is 3.36. The summed E-state index contributed by atoms with van der Waals surface area (Å²) in [5.41, 5.74) is 1.31. The summed E-state index contributed by atoms with van der Waals surface area (Å²) >= 11 is 6.00. The third-order valence-electron chi connectivity index (χ3n) is 4.65. The lowest BCUT2D eigenvalue weighted by Crippen LogP contribution is -2.52. The zero-order valence-electron chi connectivity index (χ0n) is 15.1. The van der Waals surface area contributed by atoms with Crippen molar-refractivity contribution in [3.8, 4) is 5.75 Å². The van der Waals surface area contributed by atoms with Crippen LogP contribution in [0.25, 0.3) is 0 Å². The maximum atomic E-state index is 12.8. The second-order valence-corrected chi connectivity index (χ2v) is 7.00. The van der Waals surface area contributed by atoms with E-state index in [1.54, 1.807) is 12.1 Å². The Balaban J connectivity index is 1.53. The molecule has 26 heavy (non-hydrogen) atoms. The van der Waals surface area contributed by atoms with Crippen LogP contribution in [0.2, 0.25) is 5.02 Å². The molecule has 3 rings (SSSR count). The molecule has 0 aromatic heterocycles. The molecule has 2 aromatic rings. The summed E-state index contributed by atoms with van der Waals surface area (Å²) in [6.45, 7) is 6.14. The highest BCUT2D eigenvalue weighted by molar-refractivity contribution is 6.30. The predicted molar refractivity (Wildman–Crippen MR) is 104 cm³/mol. The van der Waals surface area contributed by atoms with Crippen molar-refractivity contribution in [2.75, 3.05) is 26.2 Å². The molecule has 138 valence electrons. The summed E-state index contributed by atoms with van der Waals surface area (Å²) < 4.78 is 5.89. The molecule has 1 aliphatic rings. The van der Waals surface area contributed by atoms with Gasteiger partial charge in [-0.2, -0.15) is 0 Å². The minimum Gasteiger partial charge on any atom is -0.481 e. The maximum Gasteiger partial charge on any atom is 0.263 e. The Labute approximate surface area is 160 Å².